The maximum absolute atomic E-state index is 12.5. The highest BCUT2D eigenvalue weighted by molar-refractivity contribution is 6.05. The molecule has 0 fully saturated rings. The van der Waals surface area contributed by atoms with Crippen LogP contribution in [-0.4, -0.2) is 15.7 Å². The first-order valence-corrected chi connectivity index (χ1v) is 7.47. The summed E-state index contributed by atoms with van der Waals surface area (Å²) in [5.74, 6) is 1.16. The summed E-state index contributed by atoms with van der Waals surface area (Å²) in [4.78, 5) is 12.5. The van der Waals surface area contributed by atoms with Crippen molar-refractivity contribution < 1.29 is 9.21 Å². The average Bonchev–Trinajstić information content (AvgIpc) is 3.01. The van der Waals surface area contributed by atoms with Gasteiger partial charge >= 0.3 is 0 Å². The number of hydrogen-bond donors (Lipinski definition) is 1. The first-order valence-electron chi connectivity index (χ1n) is 7.47. The molecule has 1 amide bonds. The van der Waals surface area contributed by atoms with Gasteiger partial charge in [-0.3, -0.25) is 4.79 Å². The van der Waals surface area contributed by atoms with Crippen LogP contribution in [0.1, 0.15) is 33.3 Å². The third-order valence-electron chi connectivity index (χ3n) is 3.82. The van der Waals surface area contributed by atoms with Crippen LogP contribution in [-0.2, 0) is 0 Å². The van der Waals surface area contributed by atoms with Gasteiger partial charge in [-0.05, 0) is 45.9 Å². The zero-order valence-electron chi connectivity index (χ0n) is 13.7. The number of para-hydroxylation sites is 1. The quantitative estimate of drug-likeness (QED) is 0.797. The molecule has 1 N–H and O–H groups in total. The monoisotopic (exact) mass is 309 g/mol. The molecule has 0 spiro atoms. The van der Waals surface area contributed by atoms with Crippen molar-refractivity contribution in [2.24, 2.45) is 0 Å². The molecule has 0 aliphatic heterocycles. The largest absolute Gasteiger partial charge is 0.466 e. The van der Waals surface area contributed by atoms with Crippen molar-refractivity contribution in [1.29, 1.82) is 0 Å². The van der Waals surface area contributed by atoms with Crippen LogP contribution in [0.15, 0.2) is 40.8 Å². The number of nitrogens with zero attached hydrogens (tertiary/aromatic N) is 2. The Labute approximate surface area is 134 Å². The Hall–Kier alpha value is -2.82. The van der Waals surface area contributed by atoms with Gasteiger partial charge < -0.3 is 9.73 Å². The van der Waals surface area contributed by atoms with Gasteiger partial charge in [-0.1, -0.05) is 18.2 Å². The molecule has 0 bridgehead atoms. The number of furan rings is 1. The molecular formula is C18H19N3O2. The van der Waals surface area contributed by atoms with Crippen LogP contribution in [0.3, 0.4) is 0 Å². The molecule has 1 aromatic carbocycles. The SMILES string of the molecule is Cc1cc(C(=O)Nc2c(C)nn(-c3ccccc3)c2C)c(C)o1. The summed E-state index contributed by atoms with van der Waals surface area (Å²) < 4.78 is 7.26. The first kappa shape index (κ1) is 15.1. The number of amides is 1. The zero-order chi connectivity index (χ0) is 16.6. The van der Waals surface area contributed by atoms with Gasteiger partial charge in [0, 0.05) is 0 Å². The van der Waals surface area contributed by atoms with Gasteiger partial charge in [-0.25, -0.2) is 4.68 Å². The van der Waals surface area contributed by atoms with Crippen LogP contribution in [0.4, 0.5) is 5.69 Å². The molecule has 23 heavy (non-hydrogen) atoms. The Kier molecular flexibility index (Phi) is 3.78. The van der Waals surface area contributed by atoms with Crippen molar-refractivity contribution in [2.75, 3.05) is 5.32 Å². The molecule has 0 unspecified atom stereocenters. The van der Waals surface area contributed by atoms with E-state index in [0.29, 0.717) is 11.3 Å². The van der Waals surface area contributed by atoms with E-state index in [1.807, 2.05) is 55.8 Å². The van der Waals surface area contributed by atoms with Crippen molar-refractivity contribution in [3.8, 4) is 5.69 Å². The van der Waals surface area contributed by atoms with Crippen molar-refractivity contribution in [3.63, 3.8) is 0 Å². The van der Waals surface area contributed by atoms with Gasteiger partial charge in [0.1, 0.15) is 11.5 Å². The molecule has 2 heterocycles. The summed E-state index contributed by atoms with van der Waals surface area (Å²) in [6.45, 7) is 7.44. The molecule has 0 aliphatic carbocycles. The second-order valence-electron chi connectivity index (χ2n) is 5.57. The van der Waals surface area contributed by atoms with Gasteiger partial charge in [0.25, 0.3) is 5.91 Å². The Morgan fingerprint density at radius 3 is 2.43 bits per heavy atom. The van der Waals surface area contributed by atoms with E-state index in [1.165, 1.54) is 0 Å². The Morgan fingerprint density at radius 1 is 1.13 bits per heavy atom. The lowest BCUT2D eigenvalue weighted by Crippen LogP contribution is -2.13. The van der Waals surface area contributed by atoms with Gasteiger partial charge in [-0.2, -0.15) is 5.10 Å². The van der Waals surface area contributed by atoms with Gasteiger partial charge in [0.15, 0.2) is 0 Å². The van der Waals surface area contributed by atoms with Crippen LogP contribution < -0.4 is 5.32 Å². The molecule has 2 aromatic heterocycles. The lowest BCUT2D eigenvalue weighted by molar-refractivity contribution is 0.102. The van der Waals surface area contributed by atoms with Crippen LogP contribution in [0.2, 0.25) is 0 Å². The first-order chi connectivity index (χ1) is 11.0. The Morgan fingerprint density at radius 2 is 1.83 bits per heavy atom. The van der Waals surface area contributed by atoms with Crippen molar-refractivity contribution >= 4 is 11.6 Å². The molecule has 0 radical (unpaired) electrons. The normalized spacial score (nSPS) is 10.8. The summed E-state index contributed by atoms with van der Waals surface area (Å²) in [5, 5.41) is 7.49. The number of anilines is 1. The minimum absolute atomic E-state index is 0.182. The van der Waals surface area contributed by atoms with E-state index in [1.54, 1.807) is 13.0 Å². The molecule has 0 aliphatic rings. The molecule has 118 valence electrons. The van der Waals surface area contributed by atoms with Gasteiger partial charge in [0.2, 0.25) is 0 Å². The molecule has 5 heteroatoms. The summed E-state index contributed by atoms with van der Waals surface area (Å²) in [6.07, 6.45) is 0. The lowest BCUT2D eigenvalue weighted by atomic mass is 10.2. The highest BCUT2D eigenvalue weighted by atomic mass is 16.3. The fourth-order valence-electron chi connectivity index (χ4n) is 2.68. The van der Waals surface area contributed by atoms with Crippen molar-refractivity contribution in [2.45, 2.75) is 27.7 Å². The minimum Gasteiger partial charge on any atom is -0.466 e. The fraction of sp³-hybridized carbons (Fsp3) is 0.222. The number of carbonyl (C=O) groups excluding carboxylic acids is 1. The fourth-order valence-corrected chi connectivity index (χ4v) is 2.68. The topological polar surface area (TPSA) is 60.1 Å². The van der Waals surface area contributed by atoms with Crippen LogP contribution in [0.5, 0.6) is 0 Å². The zero-order valence-corrected chi connectivity index (χ0v) is 13.7. The van der Waals surface area contributed by atoms with E-state index in [0.717, 1.165) is 28.5 Å². The van der Waals surface area contributed by atoms with E-state index in [4.69, 9.17) is 4.42 Å². The van der Waals surface area contributed by atoms with Crippen molar-refractivity contribution in [1.82, 2.24) is 9.78 Å². The molecule has 0 atom stereocenters. The predicted molar refractivity (Wildman–Crippen MR) is 89.2 cm³/mol. The standard InChI is InChI=1S/C18H19N3O2/c1-11-10-16(14(4)23-11)18(22)19-17-12(2)20-21(13(17)3)15-8-6-5-7-9-15/h5-10H,1-4H3,(H,19,22). The van der Waals surface area contributed by atoms with Gasteiger partial charge in [-0.15, -0.1) is 0 Å². The van der Waals surface area contributed by atoms with E-state index in [9.17, 15) is 4.79 Å². The van der Waals surface area contributed by atoms with Gasteiger partial charge in [0.05, 0.1) is 28.3 Å². The summed E-state index contributed by atoms with van der Waals surface area (Å²) in [6, 6.07) is 11.6. The van der Waals surface area contributed by atoms with Crippen LogP contribution in [0.25, 0.3) is 5.69 Å². The number of carbonyl (C=O) groups is 1. The third-order valence-corrected chi connectivity index (χ3v) is 3.82. The predicted octanol–water partition coefficient (Wildman–Crippen LogP) is 3.95. The lowest BCUT2D eigenvalue weighted by Gasteiger charge is -2.06. The molecule has 3 aromatic rings. The molecule has 5 nitrogen and oxygen atoms in total. The maximum Gasteiger partial charge on any atom is 0.259 e. The molecule has 0 saturated heterocycles. The smallest absolute Gasteiger partial charge is 0.259 e. The van der Waals surface area contributed by atoms with E-state index >= 15 is 0 Å². The van der Waals surface area contributed by atoms with Crippen LogP contribution in [0, 0.1) is 27.7 Å². The van der Waals surface area contributed by atoms with Crippen LogP contribution >= 0.6 is 0 Å². The number of hydrogen-bond acceptors (Lipinski definition) is 3. The Bertz CT molecular complexity index is 860. The highest BCUT2D eigenvalue weighted by Crippen LogP contribution is 2.24. The third kappa shape index (κ3) is 2.77. The highest BCUT2D eigenvalue weighted by Gasteiger charge is 2.18. The summed E-state index contributed by atoms with van der Waals surface area (Å²) in [5.41, 5.74) is 3.91. The van der Waals surface area contributed by atoms with Crippen molar-refractivity contribution in [3.05, 3.63) is 64.9 Å². The average molecular weight is 309 g/mol. The second kappa shape index (κ2) is 5.76. The molecular weight excluding hydrogens is 290 g/mol. The van der Waals surface area contributed by atoms with E-state index in [2.05, 4.69) is 10.4 Å². The maximum atomic E-state index is 12.5. The second-order valence-corrected chi connectivity index (χ2v) is 5.57. The number of aryl methyl sites for hydroxylation is 3. The summed E-state index contributed by atoms with van der Waals surface area (Å²) in [7, 11) is 0. The number of benzene rings is 1. The summed E-state index contributed by atoms with van der Waals surface area (Å²) >= 11 is 0. The number of rotatable bonds is 3. The number of nitrogens with one attached hydrogen (secondary N) is 1. The minimum atomic E-state index is -0.182. The number of aromatic nitrogens is 2. The molecule has 0 saturated carbocycles. The molecule has 3 rings (SSSR count). The van der Waals surface area contributed by atoms with E-state index in [-0.39, 0.29) is 5.91 Å². The Balaban J connectivity index is 1.94. The van der Waals surface area contributed by atoms with E-state index < -0.39 is 0 Å².